The molecular formula is C26H34F2N6O2. The van der Waals surface area contributed by atoms with Crippen molar-refractivity contribution in [1.82, 2.24) is 15.5 Å². The zero-order valence-corrected chi connectivity index (χ0v) is 20.6. The van der Waals surface area contributed by atoms with Gasteiger partial charge in [0.1, 0.15) is 11.9 Å². The molecule has 0 saturated carbocycles. The molecule has 36 heavy (non-hydrogen) atoms. The van der Waals surface area contributed by atoms with Crippen molar-refractivity contribution in [2.75, 3.05) is 12.3 Å². The third-order valence-electron chi connectivity index (χ3n) is 6.65. The zero-order chi connectivity index (χ0) is 26.4. The van der Waals surface area contributed by atoms with Crippen molar-refractivity contribution in [3.05, 3.63) is 64.7 Å². The Morgan fingerprint density at radius 1 is 1.08 bits per heavy atom. The van der Waals surface area contributed by atoms with E-state index in [0.717, 1.165) is 31.4 Å². The number of hydrogen-bond donors (Lipinski definition) is 5. The Balaban J connectivity index is 1.71. The number of hydrogen-bond acceptors (Lipinski definition) is 5. The molecule has 8 nitrogen and oxygen atoms in total. The number of rotatable bonds is 9. The number of nitrogens with two attached hydrogens (primary N) is 2. The second-order valence-corrected chi connectivity index (χ2v) is 9.43. The van der Waals surface area contributed by atoms with Gasteiger partial charge in [-0.25, -0.2) is 8.78 Å². The van der Waals surface area contributed by atoms with Crippen LogP contribution in [0.3, 0.4) is 0 Å². The molecule has 0 spiro atoms. The summed E-state index contributed by atoms with van der Waals surface area (Å²) in [5.74, 6) is -2.94. The van der Waals surface area contributed by atoms with Crippen molar-refractivity contribution < 1.29 is 18.4 Å². The van der Waals surface area contributed by atoms with Crippen molar-refractivity contribution >= 4 is 23.3 Å². The van der Waals surface area contributed by atoms with Crippen molar-refractivity contribution in [2.24, 2.45) is 5.73 Å². The van der Waals surface area contributed by atoms with Gasteiger partial charge in [0.2, 0.25) is 11.8 Å². The predicted molar refractivity (Wildman–Crippen MR) is 135 cm³/mol. The normalized spacial score (nSPS) is 18.9. The fourth-order valence-corrected chi connectivity index (χ4v) is 4.58. The molecule has 194 valence electrons. The summed E-state index contributed by atoms with van der Waals surface area (Å²) in [4.78, 5) is 28.1. The minimum Gasteiger partial charge on any atom is -0.398 e. The minimum atomic E-state index is -1.02. The average Bonchev–Trinajstić information content (AvgIpc) is 2.81. The van der Waals surface area contributed by atoms with Crippen molar-refractivity contribution in [3.8, 4) is 0 Å². The smallest absolute Gasteiger partial charge is 0.243 e. The molecule has 1 aliphatic rings. The van der Waals surface area contributed by atoms with Crippen LogP contribution in [0.4, 0.5) is 14.5 Å². The lowest BCUT2D eigenvalue weighted by Gasteiger charge is -2.38. The van der Waals surface area contributed by atoms with Gasteiger partial charge in [-0.1, -0.05) is 18.6 Å². The van der Waals surface area contributed by atoms with Crippen LogP contribution in [0.15, 0.2) is 36.4 Å². The van der Waals surface area contributed by atoms with Crippen molar-refractivity contribution in [1.29, 1.82) is 5.41 Å². The summed E-state index contributed by atoms with van der Waals surface area (Å²) in [6.07, 6.45) is 3.11. The molecule has 0 aromatic heterocycles. The number of amidine groups is 1. The third kappa shape index (κ3) is 7.00. The van der Waals surface area contributed by atoms with Crippen molar-refractivity contribution in [3.63, 3.8) is 0 Å². The van der Waals surface area contributed by atoms with Gasteiger partial charge < -0.3 is 22.1 Å². The summed E-state index contributed by atoms with van der Waals surface area (Å²) in [5.41, 5.74) is 13.2. The lowest BCUT2D eigenvalue weighted by atomic mass is 9.97. The molecule has 3 unspecified atom stereocenters. The first kappa shape index (κ1) is 27.1. The van der Waals surface area contributed by atoms with E-state index in [0.29, 0.717) is 22.4 Å². The second kappa shape index (κ2) is 11.9. The first-order valence-corrected chi connectivity index (χ1v) is 12.0. The van der Waals surface area contributed by atoms with E-state index in [4.69, 9.17) is 16.9 Å². The number of likely N-dealkylation sites (tertiary alicyclic amines) is 1. The third-order valence-corrected chi connectivity index (χ3v) is 6.65. The quantitative estimate of drug-likeness (QED) is 0.205. The number of carbonyl (C=O) groups excluding carboxylic acids is 2. The molecule has 2 amide bonds. The lowest BCUT2D eigenvalue weighted by Crippen LogP contribution is -2.53. The minimum absolute atomic E-state index is 0.00864. The summed E-state index contributed by atoms with van der Waals surface area (Å²) in [6.45, 7) is 4.42. The number of halogens is 2. The van der Waals surface area contributed by atoms with Crippen LogP contribution in [0.2, 0.25) is 0 Å². The van der Waals surface area contributed by atoms with Crippen LogP contribution < -0.4 is 22.1 Å². The Kier molecular flexibility index (Phi) is 8.98. The molecule has 10 heteroatoms. The molecule has 1 saturated heterocycles. The van der Waals surface area contributed by atoms with Crippen LogP contribution in [-0.2, 0) is 22.6 Å². The number of nitrogens with one attached hydrogen (secondary N) is 3. The number of amides is 2. The number of carbonyl (C=O) groups is 2. The summed E-state index contributed by atoms with van der Waals surface area (Å²) < 4.78 is 27.2. The Morgan fingerprint density at radius 3 is 2.36 bits per heavy atom. The number of benzene rings is 2. The van der Waals surface area contributed by atoms with E-state index in [1.165, 1.54) is 6.07 Å². The Labute approximate surface area is 209 Å². The van der Waals surface area contributed by atoms with E-state index in [1.807, 2.05) is 0 Å². The zero-order valence-electron chi connectivity index (χ0n) is 20.6. The molecule has 3 atom stereocenters. The summed E-state index contributed by atoms with van der Waals surface area (Å²) in [5, 5.41) is 13.1. The second-order valence-electron chi connectivity index (χ2n) is 9.43. The molecule has 0 aliphatic carbocycles. The molecule has 3 rings (SSSR count). The molecule has 0 radical (unpaired) electrons. The van der Waals surface area contributed by atoms with E-state index in [1.54, 1.807) is 18.2 Å². The summed E-state index contributed by atoms with van der Waals surface area (Å²) in [6, 6.07) is 7.82. The largest absolute Gasteiger partial charge is 0.398 e. The van der Waals surface area contributed by atoms with Crippen LogP contribution in [0, 0.1) is 17.0 Å². The van der Waals surface area contributed by atoms with Gasteiger partial charge in [-0.05, 0) is 62.1 Å². The van der Waals surface area contributed by atoms with Crippen LogP contribution in [0.5, 0.6) is 0 Å². The molecule has 2 aromatic rings. The van der Waals surface area contributed by atoms with Gasteiger partial charge in [-0.3, -0.25) is 19.9 Å². The van der Waals surface area contributed by atoms with Crippen LogP contribution in [-0.4, -0.2) is 47.2 Å². The molecule has 2 aromatic carbocycles. The van der Waals surface area contributed by atoms with Gasteiger partial charge in [-0.2, -0.15) is 0 Å². The number of piperidine rings is 1. The topological polar surface area (TPSA) is 137 Å². The fraction of sp³-hybridized carbons (Fsp3) is 0.423. The molecule has 0 bridgehead atoms. The van der Waals surface area contributed by atoms with Gasteiger partial charge in [0.25, 0.3) is 0 Å². The maximum absolute atomic E-state index is 13.8. The van der Waals surface area contributed by atoms with Gasteiger partial charge in [-0.15, -0.1) is 0 Å². The van der Waals surface area contributed by atoms with Gasteiger partial charge in [0.05, 0.1) is 6.54 Å². The van der Waals surface area contributed by atoms with Crippen LogP contribution in [0.1, 0.15) is 49.8 Å². The highest BCUT2D eigenvalue weighted by atomic mass is 19.2. The van der Waals surface area contributed by atoms with Crippen molar-refractivity contribution in [2.45, 2.75) is 64.2 Å². The predicted octanol–water partition coefficient (Wildman–Crippen LogP) is 2.44. The molecule has 1 aliphatic heterocycles. The molecule has 1 fully saturated rings. The van der Waals surface area contributed by atoms with E-state index in [2.05, 4.69) is 29.4 Å². The molecule has 7 N–H and O–H groups in total. The average molecular weight is 501 g/mol. The van der Waals surface area contributed by atoms with E-state index in [9.17, 15) is 18.4 Å². The monoisotopic (exact) mass is 500 g/mol. The Bertz CT molecular complexity index is 1120. The Morgan fingerprint density at radius 2 is 1.75 bits per heavy atom. The Hall–Kier alpha value is -3.53. The lowest BCUT2D eigenvalue weighted by molar-refractivity contribution is -0.130. The molecular weight excluding hydrogens is 466 g/mol. The van der Waals surface area contributed by atoms with Gasteiger partial charge >= 0.3 is 0 Å². The summed E-state index contributed by atoms with van der Waals surface area (Å²) >= 11 is 0. The van der Waals surface area contributed by atoms with Crippen LogP contribution in [0.25, 0.3) is 0 Å². The van der Waals surface area contributed by atoms with E-state index < -0.39 is 23.6 Å². The van der Waals surface area contributed by atoms with Crippen LogP contribution >= 0.6 is 0 Å². The number of nitrogen functional groups attached to an aromatic ring is 2. The maximum atomic E-state index is 13.8. The number of anilines is 1. The number of nitrogens with zero attached hydrogens (tertiary/aromatic N) is 1. The first-order chi connectivity index (χ1) is 17.0. The molecule has 1 heterocycles. The SMILES string of the molecule is CC1CCCC(C)N1CC(=O)NC(Cc1ccc(F)c(F)c1)C(=O)NCc1ccc(C(=N)N)c(N)c1. The standard InChI is InChI=1S/C26H34F2N6O2/c1-15-4-3-5-16(2)34(15)14-24(35)33-23(12-17-7-9-20(27)21(28)10-17)26(36)32-13-18-6-8-19(25(30)31)22(29)11-18/h6-11,15-16,23H,3-5,12-14,29H2,1-2H3,(H3,30,31)(H,32,36)(H,33,35). The maximum Gasteiger partial charge on any atom is 0.243 e. The fourth-order valence-electron chi connectivity index (χ4n) is 4.58. The summed E-state index contributed by atoms with van der Waals surface area (Å²) in [7, 11) is 0. The first-order valence-electron chi connectivity index (χ1n) is 12.0. The highest BCUT2D eigenvalue weighted by Crippen LogP contribution is 2.22. The highest BCUT2D eigenvalue weighted by Gasteiger charge is 2.28. The van der Waals surface area contributed by atoms with Gasteiger partial charge in [0, 0.05) is 36.3 Å². The van der Waals surface area contributed by atoms with E-state index in [-0.39, 0.29) is 43.3 Å². The highest BCUT2D eigenvalue weighted by molar-refractivity contribution is 5.99. The van der Waals surface area contributed by atoms with E-state index >= 15 is 0 Å². The van der Waals surface area contributed by atoms with Gasteiger partial charge in [0.15, 0.2) is 11.6 Å².